The highest BCUT2D eigenvalue weighted by molar-refractivity contribution is 5.77. The number of carbonyl (C=O) groups is 1. The van der Waals surface area contributed by atoms with Crippen molar-refractivity contribution >= 4 is 17.9 Å². The van der Waals surface area contributed by atoms with Crippen LogP contribution in [0.1, 0.15) is 43.1 Å². The number of anilines is 1. The van der Waals surface area contributed by atoms with Gasteiger partial charge in [-0.15, -0.1) is 0 Å². The molecule has 8 nitrogen and oxygen atoms in total. The number of nitrogens with two attached hydrogens (primary N) is 1. The first kappa shape index (κ1) is 19.3. The normalized spacial score (nSPS) is 23.4. The summed E-state index contributed by atoms with van der Waals surface area (Å²) in [7, 11) is 0. The van der Waals surface area contributed by atoms with Gasteiger partial charge in [0.25, 0.3) is 0 Å². The van der Waals surface area contributed by atoms with Gasteiger partial charge in [0.1, 0.15) is 12.6 Å². The lowest BCUT2D eigenvalue weighted by Gasteiger charge is -2.33. The molecule has 1 amide bonds. The average Bonchev–Trinajstić information content (AvgIpc) is 3.18. The Labute approximate surface area is 170 Å². The summed E-state index contributed by atoms with van der Waals surface area (Å²) in [4.78, 5) is 29.9. The lowest BCUT2D eigenvalue weighted by Crippen LogP contribution is -2.42. The smallest absolute Gasteiger partial charge is 0.228 e. The first-order valence-corrected chi connectivity index (χ1v) is 10.1. The predicted molar refractivity (Wildman–Crippen MR) is 109 cm³/mol. The van der Waals surface area contributed by atoms with Gasteiger partial charge < -0.3 is 20.3 Å². The minimum absolute atomic E-state index is 0.0957. The zero-order valence-electron chi connectivity index (χ0n) is 16.4. The van der Waals surface area contributed by atoms with Gasteiger partial charge in [-0.3, -0.25) is 4.79 Å². The van der Waals surface area contributed by atoms with Gasteiger partial charge in [-0.25, -0.2) is 9.97 Å². The molecular weight excluding hydrogens is 368 g/mol. The van der Waals surface area contributed by atoms with Gasteiger partial charge in [0, 0.05) is 19.5 Å². The molecule has 2 saturated heterocycles. The van der Waals surface area contributed by atoms with Crippen molar-refractivity contribution in [3.63, 3.8) is 0 Å². The molecule has 8 heteroatoms. The molecule has 1 aromatic heterocycles. The minimum atomic E-state index is -0.179. The van der Waals surface area contributed by atoms with Crippen LogP contribution in [0.3, 0.4) is 0 Å². The fraction of sp³-hybridized carbons (Fsp3) is 0.429. The fourth-order valence-electron chi connectivity index (χ4n) is 4.06. The van der Waals surface area contributed by atoms with Crippen LogP contribution in [-0.4, -0.2) is 51.7 Å². The van der Waals surface area contributed by atoms with Crippen LogP contribution in [0.25, 0.3) is 6.08 Å². The quantitative estimate of drug-likeness (QED) is 0.851. The van der Waals surface area contributed by atoms with E-state index in [0.29, 0.717) is 37.9 Å². The first-order valence-electron chi connectivity index (χ1n) is 10.1. The van der Waals surface area contributed by atoms with Crippen molar-refractivity contribution in [2.75, 3.05) is 24.6 Å². The number of amides is 1. The van der Waals surface area contributed by atoms with Gasteiger partial charge in [-0.05, 0) is 37.1 Å². The lowest BCUT2D eigenvalue weighted by atomic mass is 10.0. The zero-order chi connectivity index (χ0) is 20.1. The van der Waals surface area contributed by atoms with Gasteiger partial charge in [0.05, 0.1) is 12.6 Å². The zero-order valence-corrected chi connectivity index (χ0v) is 16.4. The molecule has 2 aromatic rings. The van der Waals surface area contributed by atoms with E-state index in [-0.39, 0.29) is 18.2 Å². The second kappa shape index (κ2) is 9.00. The van der Waals surface area contributed by atoms with Gasteiger partial charge in [-0.2, -0.15) is 4.98 Å². The molecule has 2 N–H and O–H groups in total. The van der Waals surface area contributed by atoms with E-state index in [4.69, 9.17) is 10.5 Å². The van der Waals surface area contributed by atoms with Crippen LogP contribution in [0.5, 0.6) is 0 Å². The van der Waals surface area contributed by atoms with Crippen LogP contribution in [0.2, 0.25) is 0 Å². The molecule has 0 spiro atoms. The number of fused-ring (bicyclic) bond motifs is 1. The van der Waals surface area contributed by atoms with Crippen LogP contribution in [0.15, 0.2) is 42.9 Å². The van der Waals surface area contributed by atoms with E-state index >= 15 is 0 Å². The number of aromatic nitrogens is 3. The molecule has 0 radical (unpaired) electrons. The maximum atomic E-state index is 13.0. The van der Waals surface area contributed by atoms with Crippen molar-refractivity contribution in [3.8, 4) is 0 Å². The Hall–Kier alpha value is -3.00. The van der Waals surface area contributed by atoms with E-state index in [1.165, 1.54) is 18.1 Å². The Balaban J connectivity index is 1.48. The summed E-state index contributed by atoms with van der Waals surface area (Å²) in [6, 6.07) is 10.3. The lowest BCUT2D eigenvalue weighted by molar-refractivity contribution is -0.145. The highest BCUT2D eigenvalue weighted by atomic mass is 16.5. The summed E-state index contributed by atoms with van der Waals surface area (Å²) in [5.74, 6) is 1.24. The molecule has 3 heterocycles. The number of benzene rings is 1. The van der Waals surface area contributed by atoms with Crippen LogP contribution in [0.4, 0.5) is 5.95 Å². The highest BCUT2D eigenvalue weighted by Crippen LogP contribution is 2.37. The summed E-state index contributed by atoms with van der Waals surface area (Å²) >= 11 is 0. The fourth-order valence-corrected chi connectivity index (χ4v) is 4.06. The van der Waals surface area contributed by atoms with Crippen molar-refractivity contribution in [1.82, 2.24) is 19.9 Å². The summed E-state index contributed by atoms with van der Waals surface area (Å²) < 4.78 is 6.15. The van der Waals surface area contributed by atoms with Crippen molar-refractivity contribution in [3.05, 3.63) is 54.2 Å². The van der Waals surface area contributed by atoms with Crippen molar-refractivity contribution in [1.29, 1.82) is 0 Å². The molecule has 4 rings (SSSR count). The molecule has 0 bridgehead atoms. The number of carbonyl (C=O) groups excluding carboxylic acids is 1. The van der Waals surface area contributed by atoms with E-state index in [1.54, 1.807) is 6.08 Å². The molecule has 1 aromatic carbocycles. The Morgan fingerprint density at radius 3 is 2.83 bits per heavy atom. The van der Waals surface area contributed by atoms with E-state index < -0.39 is 0 Å². The molecular formula is C21H26N6O2. The Kier molecular flexibility index (Phi) is 6.00. The molecule has 0 aliphatic carbocycles. The maximum absolute atomic E-state index is 13.0. The third-order valence-corrected chi connectivity index (χ3v) is 5.40. The minimum Gasteiger partial charge on any atom is -0.404 e. The van der Waals surface area contributed by atoms with E-state index in [2.05, 4.69) is 27.1 Å². The average molecular weight is 394 g/mol. The highest BCUT2D eigenvalue weighted by Gasteiger charge is 2.38. The van der Waals surface area contributed by atoms with Crippen molar-refractivity contribution in [2.45, 2.75) is 38.0 Å². The van der Waals surface area contributed by atoms with Crippen LogP contribution in [0, 0.1) is 0 Å². The van der Waals surface area contributed by atoms with E-state index in [1.807, 2.05) is 28.0 Å². The van der Waals surface area contributed by atoms with Crippen molar-refractivity contribution < 1.29 is 9.53 Å². The third kappa shape index (κ3) is 4.37. The Morgan fingerprint density at radius 1 is 1.14 bits per heavy atom. The molecule has 0 unspecified atom stereocenters. The SMILES string of the molecule is N/C=C\c1ncnc(N2CCCC(=O)N3[C@@H](CC[C@H]3c3ccccc3)OCC2)n1. The standard InChI is InChI=1S/C21H26N6O2/c22-11-10-18-23-15-24-21(25-18)26-12-4-7-19(28)27-17(16-5-2-1-3-6-16)8-9-20(27)29-14-13-26/h1-3,5-6,10-11,15,17,20H,4,7-9,12-14,22H2/b11-10-/t17-,20+/m0/s1. The first-order chi connectivity index (χ1) is 14.3. The number of nitrogens with zero attached hydrogens (tertiary/aromatic N) is 5. The molecule has 2 aliphatic heterocycles. The molecule has 152 valence electrons. The summed E-state index contributed by atoms with van der Waals surface area (Å²) in [5.41, 5.74) is 6.61. The van der Waals surface area contributed by atoms with E-state index in [0.717, 1.165) is 19.3 Å². The summed E-state index contributed by atoms with van der Waals surface area (Å²) in [5, 5.41) is 0. The largest absolute Gasteiger partial charge is 0.404 e. The van der Waals surface area contributed by atoms with Crippen molar-refractivity contribution in [2.24, 2.45) is 5.73 Å². The van der Waals surface area contributed by atoms with Crippen LogP contribution >= 0.6 is 0 Å². The second-order valence-electron chi connectivity index (χ2n) is 7.22. The monoisotopic (exact) mass is 394 g/mol. The molecule has 0 saturated carbocycles. The summed E-state index contributed by atoms with van der Waals surface area (Å²) in [6.07, 6.45) is 7.31. The third-order valence-electron chi connectivity index (χ3n) is 5.40. The topological polar surface area (TPSA) is 97.5 Å². The van der Waals surface area contributed by atoms with Crippen LogP contribution in [-0.2, 0) is 9.53 Å². The Morgan fingerprint density at radius 2 is 2.00 bits per heavy atom. The molecule has 2 fully saturated rings. The molecule has 2 atom stereocenters. The predicted octanol–water partition coefficient (Wildman–Crippen LogP) is 2.11. The Bertz CT molecular complexity index is 859. The number of ether oxygens (including phenoxy) is 1. The molecule has 29 heavy (non-hydrogen) atoms. The van der Waals surface area contributed by atoms with Gasteiger partial charge >= 0.3 is 0 Å². The number of hydrogen-bond donors (Lipinski definition) is 1. The number of hydrogen-bond acceptors (Lipinski definition) is 7. The number of rotatable bonds is 3. The summed E-state index contributed by atoms with van der Waals surface area (Å²) in [6.45, 7) is 1.84. The van der Waals surface area contributed by atoms with Gasteiger partial charge in [0.2, 0.25) is 11.9 Å². The van der Waals surface area contributed by atoms with Gasteiger partial charge in [-0.1, -0.05) is 30.3 Å². The van der Waals surface area contributed by atoms with E-state index in [9.17, 15) is 4.79 Å². The second-order valence-corrected chi connectivity index (χ2v) is 7.22. The molecule has 2 aliphatic rings. The maximum Gasteiger partial charge on any atom is 0.228 e. The van der Waals surface area contributed by atoms with Gasteiger partial charge in [0.15, 0.2) is 5.82 Å². The van der Waals surface area contributed by atoms with Crippen LogP contribution < -0.4 is 10.6 Å².